The number of ether oxygens (including phenoxy) is 1. The van der Waals surface area contributed by atoms with Gasteiger partial charge in [0.15, 0.2) is 0 Å². The highest BCUT2D eigenvalue weighted by molar-refractivity contribution is 5.28. The number of rotatable bonds is 6. The van der Waals surface area contributed by atoms with Gasteiger partial charge in [0.25, 0.3) is 0 Å². The first kappa shape index (κ1) is 14.5. The second kappa shape index (κ2) is 7.01. The quantitative estimate of drug-likeness (QED) is 0.870. The van der Waals surface area contributed by atoms with Crippen LogP contribution < -0.4 is 10.1 Å². The molecule has 0 bridgehead atoms. The van der Waals surface area contributed by atoms with Crippen molar-refractivity contribution in [3.8, 4) is 5.75 Å². The predicted octanol–water partition coefficient (Wildman–Crippen LogP) is 3.65. The number of benzene rings is 2. The van der Waals surface area contributed by atoms with Crippen LogP contribution in [0.3, 0.4) is 0 Å². The van der Waals surface area contributed by atoms with E-state index in [1.165, 1.54) is 12.1 Å². The largest absolute Gasteiger partial charge is 0.489 e. The Labute approximate surface area is 117 Å². The Bertz CT molecular complexity index is 555. The number of hydrogen-bond donors (Lipinski definition) is 1. The summed E-state index contributed by atoms with van der Waals surface area (Å²) in [5.41, 5.74) is 1.50. The van der Waals surface area contributed by atoms with Crippen LogP contribution >= 0.6 is 0 Å². The highest BCUT2D eigenvalue weighted by Gasteiger charge is 2.04. The molecule has 0 amide bonds. The van der Waals surface area contributed by atoms with Crippen molar-refractivity contribution in [2.45, 2.75) is 20.1 Å². The molecule has 0 unspecified atom stereocenters. The summed E-state index contributed by atoms with van der Waals surface area (Å²) in [6.07, 6.45) is 0. The Morgan fingerprint density at radius 1 is 1.05 bits per heavy atom. The molecule has 2 rings (SSSR count). The normalized spacial score (nSPS) is 10.6. The molecule has 0 saturated carbocycles. The van der Waals surface area contributed by atoms with Gasteiger partial charge in [0, 0.05) is 18.2 Å². The van der Waals surface area contributed by atoms with Gasteiger partial charge in [0.1, 0.15) is 24.0 Å². The van der Waals surface area contributed by atoms with Crippen molar-refractivity contribution in [1.82, 2.24) is 5.32 Å². The molecule has 0 aromatic heterocycles. The summed E-state index contributed by atoms with van der Waals surface area (Å²) in [6, 6.07) is 11.1. The van der Waals surface area contributed by atoms with Crippen LogP contribution in [0.25, 0.3) is 0 Å². The zero-order valence-electron chi connectivity index (χ0n) is 11.3. The Balaban J connectivity index is 1.93. The highest BCUT2D eigenvalue weighted by Crippen LogP contribution is 2.16. The number of nitrogens with one attached hydrogen (secondary N) is 1. The van der Waals surface area contributed by atoms with Crippen molar-refractivity contribution in [3.63, 3.8) is 0 Å². The van der Waals surface area contributed by atoms with Crippen molar-refractivity contribution < 1.29 is 13.5 Å². The van der Waals surface area contributed by atoms with Gasteiger partial charge in [-0.2, -0.15) is 0 Å². The molecular formula is C16H17F2NO. The second-order valence-corrected chi connectivity index (χ2v) is 4.45. The average molecular weight is 277 g/mol. The Morgan fingerprint density at radius 3 is 2.45 bits per heavy atom. The minimum Gasteiger partial charge on any atom is -0.489 e. The lowest BCUT2D eigenvalue weighted by Gasteiger charge is -2.08. The van der Waals surface area contributed by atoms with Gasteiger partial charge < -0.3 is 10.1 Å². The van der Waals surface area contributed by atoms with Crippen molar-refractivity contribution in [3.05, 3.63) is 65.2 Å². The maximum Gasteiger partial charge on any atom is 0.132 e. The zero-order chi connectivity index (χ0) is 14.4. The molecule has 0 aliphatic carbocycles. The van der Waals surface area contributed by atoms with E-state index in [1.807, 2.05) is 24.3 Å². The first-order chi connectivity index (χ1) is 9.69. The van der Waals surface area contributed by atoms with Gasteiger partial charge in [0.2, 0.25) is 0 Å². The van der Waals surface area contributed by atoms with Crippen LogP contribution in [0.2, 0.25) is 0 Å². The van der Waals surface area contributed by atoms with Crippen LogP contribution in [-0.2, 0) is 13.2 Å². The molecule has 1 N–H and O–H groups in total. The molecule has 0 radical (unpaired) electrons. The SMILES string of the molecule is CCNCc1ccc(OCc2ccc(F)cc2F)cc1. The van der Waals surface area contributed by atoms with Gasteiger partial charge >= 0.3 is 0 Å². The fourth-order valence-corrected chi connectivity index (χ4v) is 1.77. The molecule has 0 aliphatic heterocycles. The maximum absolute atomic E-state index is 13.4. The summed E-state index contributed by atoms with van der Waals surface area (Å²) in [7, 11) is 0. The summed E-state index contributed by atoms with van der Waals surface area (Å²) in [5, 5.41) is 3.23. The van der Waals surface area contributed by atoms with Gasteiger partial charge in [0.05, 0.1) is 0 Å². The molecule has 2 nitrogen and oxygen atoms in total. The van der Waals surface area contributed by atoms with E-state index in [2.05, 4.69) is 12.2 Å². The van der Waals surface area contributed by atoms with E-state index >= 15 is 0 Å². The van der Waals surface area contributed by atoms with E-state index in [4.69, 9.17) is 4.74 Å². The van der Waals surface area contributed by atoms with Crippen molar-refractivity contribution in [2.24, 2.45) is 0 Å². The molecule has 0 spiro atoms. The fraction of sp³-hybridized carbons (Fsp3) is 0.250. The molecular weight excluding hydrogens is 260 g/mol. The monoisotopic (exact) mass is 277 g/mol. The van der Waals surface area contributed by atoms with E-state index in [9.17, 15) is 8.78 Å². The Hall–Kier alpha value is -1.94. The Kier molecular flexibility index (Phi) is 5.07. The van der Waals surface area contributed by atoms with Crippen LogP contribution in [0.4, 0.5) is 8.78 Å². The van der Waals surface area contributed by atoms with Crippen molar-refractivity contribution >= 4 is 0 Å². The van der Waals surface area contributed by atoms with Crippen LogP contribution in [-0.4, -0.2) is 6.54 Å². The van der Waals surface area contributed by atoms with E-state index < -0.39 is 11.6 Å². The lowest BCUT2D eigenvalue weighted by atomic mass is 10.2. The van der Waals surface area contributed by atoms with Crippen LogP contribution in [0, 0.1) is 11.6 Å². The predicted molar refractivity (Wildman–Crippen MR) is 74.5 cm³/mol. The first-order valence-electron chi connectivity index (χ1n) is 6.55. The molecule has 4 heteroatoms. The third-order valence-electron chi connectivity index (χ3n) is 2.91. The highest BCUT2D eigenvalue weighted by atomic mass is 19.1. The lowest BCUT2D eigenvalue weighted by molar-refractivity contribution is 0.299. The smallest absolute Gasteiger partial charge is 0.132 e. The minimum absolute atomic E-state index is 0.0820. The average Bonchev–Trinajstić information content (AvgIpc) is 2.45. The molecule has 20 heavy (non-hydrogen) atoms. The van der Waals surface area contributed by atoms with E-state index in [0.29, 0.717) is 11.3 Å². The Morgan fingerprint density at radius 2 is 1.80 bits per heavy atom. The van der Waals surface area contributed by atoms with Gasteiger partial charge in [-0.3, -0.25) is 0 Å². The molecule has 0 atom stereocenters. The summed E-state index contributed by atoms with van der Waals surface area (Å²) in [5.74, 6) is -0.512. The second-order valence-electron chi connectivity index (χ2n) is 4.45. The fourth-order valence-electron chi connectivity index (χ4n) is 1.77. The van der Waals surface area contributed by atoms with Gasteiger partial charge in [-0.15, -0.1) is 0 Å². The number of halogens is 2. The molecule has 0 heterocycles. The van der Waals surface area contributed by atoms with E-state index in [0.717, 1.165) is 24.7 Å². The maximum atomic E-state index is 13.4. The molecule has 106 valence electrons. The first-order valence-corrected chi connectivity index (χ1v) is 6.55. The minimum atomic E-state index is -0.589. The lowest BCUT2D eigenvalue weighted by Crippen LogP contribution is -2.11. The van der Waals surface area contributed by atoms with Crippen LogP contribution in [0.1, 0.15) is 18.1 Å². The summed E-state index contributed by atoms with van der Waals surface area (Å²) >= 11 is 0. The third-order valence-corrected chi connectivity index (χ3v) is 2.91. The molecule has 0 fully saturated rings. The van der Waals surface area contributed by atoms with Gasteiger partial charge in [-0.05, 0) is 36.4 Å². The zero-order valence-corrected chi connectivity index (χ0v) is 11.3. The van der Waals surface area contributed by atoms with Crippen LogP contribution in [0.15, 0.2) is 42.5 Å². The van der Waals surface area contributed by atoms with Gasteiger partial charge in [-0.25, -0.2) is 8.78 Å². The molecule has 0 aliphatic rings. The van der Waals surface area contributed by atoms with Gasteiger partial charge in [-0.1, -0.05) is 19.1 Å². The third kappa shape index (κ3) is 4.03. The number of hydrogen-bond acceptors (Lipinski definition) is 2. The topological polar surface area (TPSA) is 21.3 Å². The molecule has 0 saturated heterocycles. The molecule has 2 aromatic rings. The van der Waals surface area contributed by atoms with Crippen molar-refractivity contribution in [1.29, 1.82) is 0 Å². The summed E-state index contributed by atoms with van der Waals surface area (Å²) < 4.78 is 31.7. The van der Waals surface area contributed by atoms with E-state index in [-0.39, 0.29) is 6.61 Å². The van der Waals surface area contributed by atoms with Crippen molar-refractivity contribution in [2.75, 3.05) is 6.54 Å². The summed E-state index contributed by atoms with van der Waals surface area (Å²) in [6.45, 7) is 3.86. The summed E-state index contributed by atoms with van der Waals surface area (Å²) in [4.78, 5) is 0. The van der Waals surface area contributed by atoms with Crippen LogP contribution in [0.5, 0.6) is 5.75 Å². The van der Waals surface area contributed by atoms with E-state index in [1.54, 1.807) is 0 Å². The standard InChI is InChI=1S/C16H17F2NO/c1-2-19-10-12-3-7-15(8-4-12)20-11-13-5-6-14(17)9-16(13)18/h3-9,19H,2,10-11H2,1H3. The molecule has 2 aromatic carbocycles.